The maximum absolute atomic E-state index is 12.4. The number of hydrogen-bond donors (Lipinski definition) is 3. The summed E-state index contributed by atoms with van der Waals surface area (Å²) in [6, 6.07) is 15.5. The van der Waals surface area contributed by atoms with Crippen molar-refractivity contribution in [1.29, 1.82) is 0 Å². The number of H-pyrrole nitrogens is 1. The SMILES string of the molecule is COc1cc(N2CCC(N3CCN(C)CC3)CC2)ccc1Nc1nc(Nc2ccccc2S(C)(=O)=O)c2[nH]ccc2n1. The molecule has 2 aromatic heterocycles. The summed E-state index contributed by atoms with van der Waals surface area (Å²) in [5, 5.41) is 6.51. The third-order valence-electron chi connectivity index (χ3n) is 8.26. The number of piperazine rings is 1. The Hall–Kier alpha value is -3.87. The topological polar surface area (TPSA) is 119 Å². The fraction of sp³-hybridized carbons (Fsp3) is 0.400. The van der Waals surface area contributed by atoms with Crippen molar-refractivity contribution in [2.24, 2.45) is 0 Å². The van der Waals surface area contributed by atoms with Crippen LogP contribution in [0.5, 0.6) is 5.75 Å². The minimum Gasteiger partial charge on any atom is -0.494 e. The summed E-state index contributed by atoms with van der Waals surface area (Å²) in [7, 11) is 0.422. The molecule has 4 heterocycles. The molecule has 0 saturated carbocycles. The number of hydrogen-bond acceptors (Lipinski definition) is 10. The Balaban J connectivity index is 1.20. The number of benzene rings is 2. The van der Waals surface area contributed by atoms with Crippen LogP contribution in [0.4, 0.5) is 28.8 Å². The van der Waals surface area contributed by atoms with Crippen molar-refractivity contribution in [2.75, 3.05) is 75.2 Å². The maximum Gasteiger partial charge on any atom is 0.229 e. The second-order valence-electron chi connectivity index (χ2n) is 11.1. The summed E-state index contributed by atoms with van der Waals surface area (Å²) in [6.45, 7) is 6.66. The van der Waals surface area contributed by atoms with Gasteiger partial charge in [-0.2, -0.15) is 4.98 Å². The van der Waals surface area contributed by atoms with Crippen LogP contribution in [0.3, 0.4) is 0 Å². The van der Waals surface area contributed by atoms with Gasteiger partial charge in [-0.05, 0) is 50.2 Å². The van der Waals surface area contributed by atoms with Crippen molar-refractivity contribution in [1.82, 2.24) is 24.8 Å². The van der Waals surface area contributed by atoms with E-state index in [2.05, 4.69) is 54.5 Å². The smallest absolute Gasteiger partial charge is 0.229 e. The summed E-state index contributed by atoms with van der Waals surface area (Å²) in [5.41, 5.74) is 3.68. The molecular weight excluding hydrogens is 552 g/mol. The van der Waals surface area contributed by atoms with Gasteiger partial charge in [0.05, 0.1) is 28.9 Å². The molecule has 2 fully saturated rings. The number of piperidine rings is 1. The number of nitrogens with one attached hydrogen (secondary N) is 3. The van der Waals surface area contributed by atoms with E-state index in [-0.39, 0.29) is 4.90 Å². The van der Waals surface area contributed by atoms with E-state index in [0.29, 0.717) is 40.3 Å². The van der Waals surface area contributed by atoms with Crippen molar-refractivity contribution < 1.29 is 13.2 Å². The molecule has 222 valence electrons. The van der Waals surface area contributed by atoms with Gasteiger partial charge in [0.1, 0.15) is 11.3 Å². The predicted molar refractivity (Wildman–Crippen MR) is 167 cm³/mol. The normalized spacial score (nSPS) is 17.5. The fourth-order valence-electron chi connectivity index (χ4n) is 5.89. The van der Waals surface area contributed by atoms with Crippen LogP contribution in [0.15, 0.2) is 59.6 Å². The Morgan fingerprint density at radius 1 is 0.929 bits per heavy atom. The van der Waals surface area contributed by atoms with Gasteiger partial charge in [-0.25, -0.2) is 13.4 Å². The first-order chi connectivity index (χ1) is 20.3. The minimum absolute atomic E-state index is 0.197. The highest BCUT2D eigenvalue weighted by Gasteiger charge is 2.27. The molecule has 11 nitrogen and oxygen atoms in total. The highest BCUT2D eigenvalue weighted by Crippen LogP contribution is 2.34. The van der Waals surface area contributed by atoms with E-state index in [9.17, 15) is 8.42 Å². The van der Waals surface area contributed by atoms with E-state index < -0.39 is 9.84 Å². The van der Waals surface area contributed by atoms with Crippen LogP contribution in [0.1, 0.15) is 12.8 Å². The van der Waals surface area contributed by atoms with E-state index in [1.165, 1.54) is 6.26 Å². The van der Waals surface area contributed by atoms with Crippen molar-refractivity contribution >= 4 is 49.7 Å². The van der Waals surface area contributed by atoms with E-state index in [4.69, 9.17) is 9.72 Å². The number of fused-ring (bicyclic) bond motifs is 1. The van der Waals surface area contributed by atoms with E-state index in [1.807, 2.05) is 12.1 Å². The van der Waals surface area contributed by atoms with Crippen LogP contribution >= 0.6 is 0 Å². The Morgan fingerprint density at radius 2 is 1.69 bits per heavy atom. The van der Waals surface area contributed by atoms with Gasteiger partial charge in [-0.1, -0.05) is 12.1 Å². The molecule has 2 aromatic carbocycles. The van der Waals surface area contributed by atoms with Crippen LogP contribution < -0.4 is 20.3 Å². The van der Waals surface area contributed by atoms with E-state index in [0.717, 1.165) is 63.5 Å². The first-order valence-electron chi connectivity index (χ1n) is 14.3. The van der Waals surface area contributed by atoms with Gasteiger partial charge in [0.2, 0.25) is 5.95 Å². The van der Waals surface area contributed by atoms with Crippen molar-refractivity contribution in [3.63, 3.8) is 0 Å². The minimum atomic E-state index is -3.44. The standard InChI is InChI=1S/C30H38N8O3S/c1-36-16-18-38(19-17-36)21-11-14-37(15-12-21)22-8-9-23(26(20-22)41-2)33-30-34-25-10-13-31-28(25)29(35-30)32-24-6-4-5-7-27(24)42(3,39)40/h4-10,13,20-21,31H,11-12,14-19H2,1-3H3,(H2,32,33,34,35). The second kappa shape index (κ2) is 11.8. The second-order valence-corrected chi connectivity index (χ2v) is 13.1. The van der Waals surface area contributed by atoms with Crippen LogP contribution in [-0.2, 0) is 9.84 Å². The van der Waals surface area contributed by atoms with Gasteiger partial charge in [-0.3, -0.25) is 4.90 Å². The highest BCUT2D eigenvalue weighted by atomic mass is 32.2. The molecule has 0 aliphatic carbocycles. The molecule has 0 radical (unpaired) electrons. The zero-order valence-electron chi connectivity index (χ0n) is 24.3. The fourth-order valence-corrected chi connectivity index (χ4v) is 6.73. The van der Waals surface area contributed by atoms with Crippen molar-refractivity contribution in [3.8, 4) is 5.75 Å². The lowest BCUT2D eigenvalue weighted by atomic mass is 10.0. The molecule has 42 heavy (non-hydrogen) atoms. The lowest BCUT2D eigenvalue weighted by Gasteiger charge is -2.42. The van der Waals surface area contributed by atoms with E-state index >= 15 is 0 Å². The Morgan fingerprint density at radius 3 is 2.43 bits per heavy atom. The number of methoxy groups -OCH3 is 1. The summed E-state index contributed by atoms with van der Waals surface area (Å²) in [6.07, 6.45) is 5.29. The number of rotatable bonds is 8. The number of aromatic nitrogens is 3. The molecular formula is C30H38N8O3S. The third kappa shape index (κ3) is 6.01. The number of sulfone groups is 1. The molecule has 2 aliphatic rings. The Labute approximate surface area is 246 Å². The molecule has 2 aliphatic heterocycles. The van der Waals surface area contributed by atoms with Crippen LogP contribution in [0.25, 0.3) is 11.0 Å². The number of aromatic amines is 1. The van der Waals surface area contributed by atoms with Crippen LogP contribution in [0, 0.1) is 0 Å². The molecule has 2 saturated heterocycles. The summed E-state index contributed by atoms with van der Waals surface area (Å²) in [5.74, 6) is 1.52. The quantitative estimate of drug-likeness (QED) is 0.277. The van der Waals surface area contributed by atoms with Crippen LogP contribution in [0.2, 0.25) is 0 Å². The van der Waals surface area contributed by atoms with Crippen molar-refractivity contribution in [2.45, 2.75) is 23.8 Å². The third-order valence-corrected chi connectivity index (χ3v) is 9.42. The summed E-state index contributed by atoms with van der Waals surface area (Å²) >= 11 is 0. The van der Waals surface area contributed by atoms with Crippen molar-refractivity contribution in [3.05, 3.63) is 54.7 Å². The molecule has 0 atom stereocenters. The number of nitrogens with zero attached hydrogens (tertiary/aromatic N) is 5. The molecule has 6 rings (SSSR count). The van der Waals surface area contributed by atoms with Gasteiger partial charge >= 0.3 is 0 Å². The van der Waals surface area contributed by atoms with Crippen LogP contribution in [-0.4, -0.2) is 98.9 Å². The lowest BCUT2D eigenvalue weighted by molar-refractivity contribution is 0.0982. The first kappa shape index (κ1) is 28.3. The molecule has 4 aromatic rings. The molecule has 0 amide bonds. The van der Waals surface area contributed by atoms with Gasteiger partial charge in [0.25, 0.3) is 0 Å². The lowest BCUT2D eigenvalue weighted by Crippen LogP contribution is -2.52. The Bertz CT molecular complexity index is 1660. The van der Waals surface area contributed by atoms with Gasteiger partial charge in [0.15, 0.2) is 15.7 Å². The number of para-hydroxylation sites is 1. The zero-order chi connectivity index (χ0) is 29.3. The molecule has 3 N–H and O–H groups in total. The maximum atomic E-state index is 12.4. The molecule has 12 heteroatoms. The molecule has 0 unspecified atom stereocenters. The highest BCUT2D eigenvalue weighted by molar-refractivity contribution is 7.90. The van der Waals surface area contributed by atoms with Gasteiger partial charge in [0, 0.05) is 69.5 Å². The monoisotopic (exact) mass is 590 g/mol. The molecule has 0 spiro atoms. The first-order valence-corrected chi connectivity index (χ1v) is 16.2. The number of likely N-dealkylation sites (N-methyl/N-ethyl adjacent to an activating group) is 1. The summed E-state index contributed by atoms with van der Waals surface area (Å²) < 4.78 is 30.5. The average Bonchev–Trinajstić information content (AvgIpc) is 3.47. The van der Waals surface area contributed by atoms with Gasteiger partial charge < -0.3 is 30.2 Å². The molecule has 0 bridgehead atoms. The summed E-state index contributed by atoms with van der Waals surface area (Å²) in [4.78, 5) is 20.2. The van der Waals surface area contributed by atoms with E-state index in [1.54, 1.807) is 37.6 Å². The van der Waals surface area contributed by atoms with Gasteiger partial charge in [-0.15, -0.1) is 0 Å². The predicted octanol–water partition coefficient (Wildman–Crippen LogP) is 4.07. The largest absolute Gasteiger partial charge is 0.494 e. The Kier molecular flexibility index (Phi) is 7.93. The average molecular weight is 591 g/mol. The number of anilines is 5. The number of ether oxygens (including phenoxy) is 1. The zero-order valence-corrected chi connectivity index (χ0v) is 25.1.